The van der Waals surface area contributed by atoms with Gasteiger partial charge in [-0.3, -0.25) is 4.79 Å². The first-order valence-electron chi connectivity index (χ1n) is 9.21. The van der Waals surface area contributed by atoms with E-state index in [1.165, 1.54) is 95.4 Å². The number of carboxylic acids is 1. The summed E-state index contributed by atoms with van der Waals surface area (Å²) in [5.41, 5.74) is 0. The molecule has 0 rings (SSSR count). The second-order valence-corrected chi connectivity index (χ2v) is 8.90. The number of unbranched alkanes of at least 4 members (excludes halogenated alkanes) is 10. The topological polar surface area (TPSA) is 37.3 Å². The molecule has 3 heteroatoms. The summed E-state index contributed by atoms with van der Waals surface area (Å²) < 4.78 is 1.05. The smallest absolute Gasteiger partial charge is 0.481 e. The third kappa shape index (κ3) is 18.0. The van der Waals surface area contributed by atoms with Crippen molar-refractivity contribution >= 4 is 5.97 Å². The van der Waals surface area contributed by atoms with Gasteiger partial charge in [0.2, 0.25) is 0 Å². The van der Waals surface area contributed by atoms with Gasteiger partial charge in [-0.05, 0) is 6.42 Å². The summed E-state index contributed by atoms with van der Waals surface area (Å²) in [6, 6.07) is 0. The summed E-state index contributed by atoms with van der Waals surface area (Å²) >= 11 is 1.49. The summed E-state index contributed by atoms with van der Waals surface area (Å²) in [5.74, 6) is -0.652. The average Bonchev–Trinajstić information content (AvgIpc) is 2.44. The fourth-order valence-electron chi connectivity index (χ4n) is 2.85. The van der Waals surface area contributed by atoms with E-state index in [0.29, 0.717) is 6.42 Å². The van der Waals surface area contributed by atoms with Gasteiger partial charge < -0.3 is 5.11 Å². The molecule has 0 aliphatic heterocycles. The van der Waals surface area contributed by atoms with Gasteiger partial charge in [0.25, 0.3) is 0 Å². The third-order valence-corrected chi connectivity index (χ3v) is 5.91. The van der Waals surface area contributed by atoms with Gasteiger partial charge in [-0.2, -0.15) is 0 Å². The normalized spacial score (nSPS) is 12.5. The predicted molar refractivity (Wildman–Crippen MR) is 86.3 cm³/mol. The van der Waals surface area contributed by atoms with E-state index in [-0.39, 0.29) is 0 Å². The number of carboxylic acid groups (broad SMARTS) is 1. The summed E-state index contributed by atoms with van der Waals surface area (Å²) in [4.78, 5) is 10.4. The molecule has 1 unspecified atom stereocenters. The Labute approximate surface area is 142 Å². The van der Waals surface area contributed by atoms with E-state index in [0.717, 1.165) is 17.4 Å². The van der Waals surface area contributed by atoms with Gasteiger partial charge in [-0.15, -0.1) is 0 Å². The van der Waals surface area contributed by atoms with Gasteiger partial charge in [-0.1, -0.05) is 0 Å². The zero-order chi connectivity index (χ0) is 15.8. The van der Waals surface area contributed by atoms with Crippen molar-refractivity contribution in [3.05, 3.63) is 0 Å². The Balaban J connectivity index is 3.04. The number of carbonyl (C=O) groups is 1. The van der Waals surface area contributed by atoms with Gasteiger partial charge in [-0.25, -0.2) is 0 Å². The van der Waals surface area contributed by atoms with Gasteiger partial charge in [0.1, 0.15) is 0 Å². The van der Waals surface area contributed by atoms with Crippen LogP contribution >= 0.6 is 0 Å². The third-order valence-electron chi connectivity index (χ3n) is 4.20. The summed E-state index contributed by atoms with van der Waals surface area (Å²) in [7, 11) is 0. The van der Waals surface area contributed by atoms with E-state index in [2.05, 4.69) is 6.92 Å². The van der Waals surface area contributed by atoms with Gasteiger partial charge in [0.15, 0.2) is 0 Å². The number of rotatable bonds is 16. The summed E-state index contributed by atoms with van der Waals surface area (Å²) in [6.45, 7) is 2.30. The molecule has 0 saturated heterocycles. The van der Waals surface area contributed by atoms with Crippen molar-refractivity contribution in [1.82, 2.24) is 0 Å². The molecule has 0 amide bonds. The van der Waals surface area contributed by atoms with Crippen LogP contribution in [-0.4, -0.2) is 11.1 Å². The molecular weight excluding hydrogens is 314 g/mol. The Bertz CT molecular complexity index is 231. The maximum absolute atomic E-state index is 10.4. The predicted octanol–water partition coefficient (Wildman–Crippen LogP) is 6.28. The first-order chi connectivity index (χ1) is 10.2. The Morgan fingerprint density at radius 2 is 1.24 bits per heavy atom. The number of hydrogen-bond acceptors (Lipinski definition) is 1. The fraction of sp³-hybridized carbons (Fsp3) is 0.944. The van der Waals surface area contributed by atoms with Crippen LogP contribution in [0.2, 0.25) is 4.51 Å². The van der Waals surface area contributed by atoms with E-state index >= 15 is 0 Å². The monoisotopic (exact) mass is 347 g/mol. The molecule has 0 bridgehead atoms. The Kier molecular flexibility index (Phi) is 16.5. The van der Waals surface area contributed by atoms with Crippen LogP contribution in [0.1, 0.15) is 103 Å². The SMILES string of the molecule is CCC[CH]([Zn])CCCCCCCCCCCCCC(=O)O. The number of aliphatic carboxylic acids is 1. The Morgan fingerprint density at radius 3 is 1.67 bits per heavy atom. The molecule has 121 valence electrons. The first kappa shape index (κ1) is 21.1. The van der Waals surface area contributed by atoms with E-state index in [4.69, 9.17) is 5.11 Å². The molecule has 0 aromatic heterocycles. The Morgan fingerprint density at radius 1 is 0.810 bits per heavy atom. The van der Waals surface area contributed by atoms with E-state index in [1.807, 2.05) is 0 Å². The van der Waals surface area contributed by atoms with Crippen molar-refractivity contribution in [2.24, 2.45) is 0 Å². The van der Waals surface area contributed by atoms with Crippen LogP contribution in [0.25, 0.3) is 0 Å². The summed E-state index contributed by atoms with van der Waals surface area (Å²) in [6.07, 6.45) is 18.9. The molecular formula is C18H35O2Zn. The molecule has 1 atom stereocenters. The standard InChI is InChI=1S/C18H35O2.Zn/c1-2-3-4-5-6-7-8-9-10-11-12-13-14-15-16-17-18(19)20;/h4H,2-3,5-17H2,1H3,(H,19,20);. The quantitative estimate of drug-likeness (QED) is 0.263. The molecule has 0 fully saturated rings. The van der Waals surface area contributed by atoms with Gasteiger partial charge in [0.05, 0.1) is 0 Å². The summed E-state index contributed by atoms with van der Waals surface area (Å²) in [5, 5.41) is 8.53. The molecule has 0 aliphatic rings. The van der Waals surface area contributed by atoms with Gasteiger partial charge >= 0.3 is 119 Å². The van der Waals surface area contributed by atoms with Crippen LogP contribution in [0.5, 0.6) is 0 Å². The molecule has 0 radical (unpaired) electrons. The van der Waals surface area contributed by atoms with Crippen LogP contribution in [-0.2, 0) is 23.1 Å². The van der Waals surface area contributed by atoms with E-state index in [9.17, 15) is 4.79 Å². The van der Waals surface area contributed by atoms with Crippen LogP contribution < -0.4 is 0 Å². The minimum atomic E-state index is -0.652. The van der Waals surface area contributed by atoms with Crippen molar-refractivity contribution < 1.29 is 28.2 Å². The first-order valence-corrected chi connectivity index (χ1v) is 10.9. The number of hydrogen-bond donors (Lipinski definition) is 1. The van der Waals surface area contributed by atoms with Crippen molar-refractivity contribution in [2.45, 2.75) is 108 Å². The molecule has 0 aromatic rings. The van der Waals surface area contributed by atoms with Crippen LogP contribution in [0.15, 0.2) is 0 Å². The molecule has 0 heterocycles. The van der Waals surface area contributed by atoms with Crippen molar-refractivity contribution in [3.8, 4) is 0 Å². The Hall–Kier alpha value is 0.0934. The second kappa shape index (κ2) is 16.5. The maximum atomic E-state index is 10.4. The molecule has 0 spiro atoms. The zero-order valence-corrected chi connectivity index (χ0v) is 17.2. The van der Waals surface area contributed by atoms with Crippen molar-refractivity contribution in [2.75, 3.05) is 0 Å². The molecule has 2 nitrogen and oxygen atoms in total. The minimum Gasteiger partial charge on any atom is -0.481 e. The van der Waals surface area contributed by atoms with Gasteiger partial charge in [0, 0.05) is 6.42 Å². The van der Waals surface area contributed by atoms with Crippen molar-refractivity contribution in [3.63, 3.8) is 0 Å². The van der Waals surface area contributed by atoms with E-state index in [1.54, 1.807) is 0 Å². The van der Waals surface area contributed by atoms with Crippen LogP contribution in [0.4, 0.5) is 0 Å². The van der Waals surface area contributed by atoms with Crippen LogP contribution in [0, 0.1) is 0 Å². The molecule has 0 aliphatic carbocycles. The molecule has 0 saturated carbocycles. The minimum absolute atomic E-state index is 0.346. The van der Waals surface area contributed by atoms with E-state index < -0.39 is 5.97 Å². The second-order valence-electron chi connectivity index (χ2n) is 6.48. The molecule has 1 N–H and O–H groups in total. The molecule has 0 aromatic carbocycles. The fourth-order valence-corrected chi connectivity index (χ4v) is 4.32. The van der Waals surface area contributed by atoms with Crippen molar-refractivity contribution in [1.29, 1.82) is 0 Å². The average molecular weight is 349 g/mol. The van der Waals surface area contributed by atoms with Crippen LogP contribution in [0.3, 0.4) is 0 Å². The zero-order valence-electron chi connectivity index (χ0n) is 14.2. The molecule has 21 heavy (non-hydrogen) atoms.